The van der Waals surface area contributed by atoms with Gasteiger partial charge in [0.25, 0.3) is 0 Å². The van der Waals surface area contributed by atoms with E-state index in [0.717, 1.165) is 16.1 Å². The Bertz CT molecular complexity index is 2550. The van der Waals surface area contributed by atoms with Crippen LogP contribution in [0.4, 0.5) is 5.69 Å². The molecule has 0 spiro atoms. The highest BCUT2D eigenvalue weighted by Gasteiger charge is 2.36. The summed E-state index contributed by atoms with van der Waals surface area (Å²) in [5.41, 5.74) is 15.0. The largest absolute Gasteiger partial charge is 0.368 e. The number of rotatable bonds is 4. The highest BCUT2D eigenvalue weighted by molar-refractivity contribution is 8.00. The highest BCUT2D eigenvalue weighted by atomic mass is 32.2. The molecule has 10 rings (SSSR count). The molecule has 1 N–H and O–H groups in total. The van der Waals surface area contributed by atoms with Crippen LogP contribution in [-0.4, -0.2) is 4.98 Å². The zero-order valence-electron chi connectivity index (χ0n) is 27.2. The Kier molecular flexibility index (Phi) is 6.43. The molecule has 0 amide bonds. The normalized spacial score (nSPS) is 15.6. The monoisotopic (exact) mass is 664 g/mol. The van der Waals surface area contributed by atoms with Crippen molar-refractivity contribution in [3.63, 3.8) is 0 Å². The fourth-order valence-corrected chi connectivity index (χ4v) is 9.78. The molecule has 1 aliphatic heterocycles. The van der Waals surface area contributed by atoms with Crippen LogP contribution in [0.25, 0.3) is 64.9 Å². The topological polar surface area (TPSA) is 24.9 Å². The van der Waals surface area contributed by atoms with Crippen molar-refractivity contribution < 1.29 is 0 Å². The van der Waals surface area contributed by atoms with Crippen molar-refractivity contribution in [3.8, 4) is 44.0 Å². The SMILES string of the molecule is CC1(C)c2cc(-c3cccc(-c4cc(-c5nc6ccccc6s5)cc(C5Nc6ccccc6S5)c4)c3)ccc2-c2cc3ccccc3cc21. The number of thiazole rings is 1. The summed E-state index contributed by atoms with van der Waals surface area (Å²) in [6.07, 6.45) is 0. The lowest BCUT2D eigenvalue weighted by Crippen LogP contribution is -2.15. The van der Waals surface area contributed by atoms with Crippen LogP contribution in [0.5, 0.6) is 0 Å². The zero-order valence-corrected chi connectivity index (χ0v) is 28.8. The number of thioether (sulfide) groups is 1. The van der Waals surface area contributed by atoms with E-state index in [1.54, 1.807) is 11.3 Å². The van der Waals surface area contributed by atoms with Gasteiger partial charge in [0, 0.05) is 21.6 Å². The Labute approximate surface area is 294 Å². The molecular weight excluding hydrogens is 633 g/mol. The molecule has 2 heterocycles. The molecule has 0 bridgehead atoms. The Morgan fingerprint density at radius 2 is 1.27 bits per heavy atom. The van der Waals surface area contributed by atoms with Crippen molar-refractivity contribution in [2.24, 2.45) is 0 Å². The third-order valence-corrected chi connectivity index (χ3v) is 12.6. The van der Waals surface area contributed by atoms with Crippen molar-refractivity contribution in [1.82, 2.24) is 4.98 Å². The van der Waals surface area contributed by atoms with Crippen LogP contribution in [-0.2, 0) is 5.41 Å². The number of hydrogen-bond donors (Lipinski definition) is 1. The van der Waals surface area contributed by atoms with Crippen LogP contribution in [0.3, 0.4) is 0 Å². The summed E-state index contributed by atoms with van der Waals surface area (Å²) in [4.78, 5) is 6.35. The number of nitrogens with one attached hydrogen (secondary N) is 1. The number of hydrogen-bond acceptors (Lipinski definition) is 4. The summed E-state index contributed by atoms with van der Waals surface area (Å²) in [5.74, 6) is 0. The first kappa shape index (κ1) is 28.8. The minimum atomic E-state index is -0.0771. The van der Waals surface area contributed by atoms with Crippen LogP contribution < -0.4 is 5.32 Å². The third-order valence-electron chi connectivity index (χ3n) is 10.3. The highest BCUT2D eigenvalue weighted by Crippen LogP contribution is 2.51. The molecule has 2 aliphatic rings. The average molecular weight is 665 g/mol. The first-order valence-corrected chi connectivity index (χ1v) is 18.5. The maximum atomic E-state index is 5.06. The molecule has 2 nitrogen and oxygen atoms in total. The number of anilines is 1. The van der Waals surface area contributed by atoms with Gasteiger partial charge in [-0.2, -0.15) is 0 Å². The van der Waals surface area contributed by atoms with E-state index in [4.69, 9.17) is 4.98 Å². The fourth-order valence-electron chi connectivity index (χ4n) is 7.71. The summed E-state index contributed by atoms with van der Waals surface area (Å²) in [5, 5.41) is 7.55. The van der Waals surface area contributed by atoms with E-state index in [1.807, 2.05) is 11.8 Å². The molecule has 1 aliphatic carbocycles. The smallest absolute Gasteiger partial charge is 0.124 e. The molecule has 1 aromatic heterocycles. The minimum Gasteiger partial charge on any atom is -0.368 e. The summed E-state index contributed by atoms with van der Waals surface area (Å²) in [6, 6.07) is 53.6. The summed E-state index contributed by atoms with van der Waals surface area (Å²) >= 11 is 3.64. The summed E-state index contributed by atoms with van der Waals surface area (Å²) in [7, 11) is 0. The number of benzene rings is 7. The van der Waals surface area contributed by atoms with Crippen LogP contribution >= 0.6 is 23.1 Å². The lowest BCUT2D eigenvalue weighted by molar-refractivity contribution is 0.661. The molecule has 4 heteroatoms. The zero-order chi connectivity index (χ0) is 32.7. The van der Waals surface area contributed by atoms with Crippen molar-refractivity contribution in [3.05, 3.63) is 162 Å². The van der Waals surface area contributed by atoms with Gasteiger partial charge < -0.3 is 5.32 Å². The second kappa shape index (κ2) is 10.9. The quantitative estimate of drug-likeness (QED) is 0.203. The van der Waals surface area contributed by atoms with Gasteiger partial charge in [-0.25, -0.2) is 4.98 Å². The first-order chi connectivity index (χ1) is 24.0. The van der Waals surface area contributed by atoms with Crippen molar-refractivity contribution >= 4 is 49.8 Å². The van der Waals surface area contributed by atoms with Gasteiger partial charge >= 0.3 is 0 Å². The third kappa shape index (κ3) is 4.74. The van der Waals surface area contributed by atoms with Crippen molar-refractivity contribution in [1.29, 1.82) is 0 Å². The van der Waals surface area contributed by atoms with Crippen LogP contribution in [0.1, 0.15) is 35.9 Å². The van der Waals surface area contributed by atoms with E-state index < -0.39 is 0 Å². The van der Waals surface area contributed by atoms with Gasteiger partial charge in [-0.05, 0) is 128 Å². The predicted molar refractivity (Wildman–Crippen MR) is 210 cm³/mol. The minimum absolute atomic E-state index is 0.0771. The maximum Gasteiger partial charge on any atom is 0.124 e. The Hall–Kier alpha value is -5.16. The number of nitrogens with zero attached hydrogens (tertiary/aromatic N) is 1. The second-order valence-electron chi connectivity index (χ2n) is 13.7. The Balaban J connectivity index is 1.07. The van der Waals surface area contributed by atoms with Gasteiger partial charge in [0.05, 0.1) is 10.2 Å². The molecule has 1 atom stereocenters. The van der Waals surface area contributed by atoms with Crippen LogP contribution in [0, 0.1) is 0 Å². The number of para-hydroxylation sites is 2. The van der Waals surface area contributed by atoms with Gasteiger partial charge in [-0.15, -0.1) is 11.3 Å². The van der Waals surface area contributed by atoms with Crippen molar-refractivity contribution in [2.45, 2.75) is 29.5 Å². The molecule has 0 radical (unpaired) electrons. The lowest BCUT2D eigenvalue weighted by Gasteiger charge is -2.22. The molecular formula is C45H32N2S2. The van der Waals surface area contributed by atoms with E-state index in [0.29, 0.717) is 0 Å². The molecule has 0 saturated carbocycles. The van der Waals surface area contributed by atoms with E-state index in [2.05, 4.69) is 165 Å². The second-order valence-corrected chi connectivity index (χ2v) is 15.9. The summed E-state index contributed by atoms with van der Waals surface area (Å²) < 4.78 is 1.21. The number of aromatic nitrogens is 1. The van der Waals surface area contributed by atoms with E-state index in [1.165, 1.54) is 76.1 Å². The molecule has 234 valence electrons. The molecule has 0 saturated heterocycles. The first-order valence-electron chi connectivity index (χ1n) is 16.8. The molecule has 7 aromatic carbocycles. The van der Waals surface area contributed by atoms with E-state index >= 15 is 0 Å². The lowest BCUT2D eigenvalue weighted by atomic mass is 9.81. The van der Waals surface area contributed by atoms with Crippen molar-refractivity contribution in [2.75, 3.05) is 5.32 Å². The van der Waals surface area contributed by atoms with Gasteiger partial charge in [0.15, 0.2) is 0 Å². The van der Waals surface area contributed by atoms with E-state index in [-0.39, 0.29) is 10.8 Å². The maximum absolute atomic E-state index is 5.06. The Morgan fingerprint density at radius 1 is 0.571 bits per heavy atom. The number of fused-ring (bicyclic) bond motifs is 6. The molecule has 1 unspecified atom stereocenters. The average Bonchev–Trinajstić information content (AvgIpc) is 3.84. The summed E-state index contributed by atoms with van der Waals surface area (Å²) in [6.45, 7) is 4.74. The molecule has 8 aromatic rings. The van der Waals surface area contributed by atoms with E-state index in [9.17, 15) is 0 Å². The Morgan fingerprint density at radius 3 is 2.12 bits per heavy atom. The van der Waals surface area contributed by atoms with Gasteiger partial charge in [0.1, 0.15) is 10.4 Å². The van der Waals surface area contributed by atoms with Crippen LogP contribution in [0.2, 0.25) is 0 Å². The van der Waals surface area contributed by atoms with Gasteiger partial charge in [-0.1, -0.05) is 104 Å². The molecule has 49 heavy (non-hydrogen) atoms. The van der Waals surface area contributed by atoms with Gasteiger partial charge in [-0.3, -0.25) is 0 Å². The standard InChI is InChI=1S/C45H32N2S2/c1-45(2)37-26-31(18-19-35(37)36-24-29-10-3-4-11-30(29)25-38(36)45)27-12-9-13-28(20-27)32-21-33(43-46-39-14-5-7-16-41(39)48-43)23-34(22-32)44-47-40-15-6-8-17-42(40)49-44/h3-26,43,46H,1-2H3. The predicted octanol–water partition coefficient (Wildman–Crippen LogP) is 13.0. The molecule has 0 fully saturated rings. The van der Waals surface area contributed by atoms with Gasteiger partial charge in [0.2, 0.25) is 0 Å². The van der Waals surface area contributed by atoms with Crippen LogP contribution in [0.15, 0.2) is 150 Å². The fraction of sp³-hybridized carbons (Fsp3) is 0.0889.